The number of sulfone groups is 1. The van der Waals surface area contributed by atoms with E-state index < -0.39 is 26.8 Å². The predicted octanol–water partition coefficient (Wildman–Crippen LogP) is 1.13. The van der Waals surface area contributed by atoms with Crippen molar-refractivity contribution in [1.82, 2.24) is 5.32 Å². The Labute approximate surface area is 110 Å². The SMILES string of the molecule is CCCC(NCC)C(CC)S(=O)(=O)CC(=O)OC. The third-order valence-electron chi connectivity index (χ3n) is 2.93. The fourth-order valence-electron chi connectivity index (χ4n) is 2.11. The van der Waals surface area contributed by atoms with Gasteiger partial charge in [-0.25, -0.2) is 8.42 Å². The molecular weight excluding hydrogens is 254 g/mol. The lowest BCUT2D eigenvalue weighted by molar-refractivity contribution is -0.137. The summed E-state index contributed by atoms with van der Waals surface area (Å²) in [6.45, 7) is 6.51. The minimum absolute atomic E-state index is 0.0975. The Morgan fingerprint density at radius 1 is 1.28 bits per heavy atom. The van der Waals surface area contributed by atoms with Crippen LogP contribution in [0.4, 0.5) is 0 Å². The Hall–Kier alpha value is -0.620. The average Bonchev–Trinajstić information content (AvgIpc) is 2.29. The van der Waals surface area contributed by atoms with Crippen LogP contribution in [0.1, 0.15) is 40.0 Å². The maximum atomic E-state index is 12.2. The molecule has 0 aliphatic heterocycles. The summed E-state index contributed by atoms with van der Waals surface area (Å²) >= 11 is 0. The van der Waals surface area contributed by atoms with Gasteiger partial charge in [-0.3, -0.25) is 4.79 Å². The highest BCUT2D eigenvalue weighted by Crippen LogP contribution is 2.16. The average molecular weight is 279 g/mol. The Morgan fingerprint density at radius 2 is 1.89 bits per heavy atom. The first-order chi connectivity index (χ1) is 8.42. The van der Waals surface area contributed by atoms with Crippen LogP contribution >= 0.6 is 0 Å². The second-order valence-corrected chi connectivity index (χ2v) is 6.50. The molecule has 5 nitrogen and oxygen atoms in total. The quantitative estimate of drug-likeness (QED) is 0.641. The highest BCUT2D eigenvalue weighted by atomic mass is 32.2. The van der Waals surface area contributed by atoms with E-state index in [-0.39, 0.29) is 6.04 Å². The summed E-state index contributed by atoms with van der Waals surface area (Å²) in [7, 11) is -2.26. The van der Waals surface area contributed by atoms with E-state index in [1.807, 2.05) is 20.8 Å². The van der Waals surface area contributed by atoms with Gasteiger partial charge in [-0.15, -0.1) is 0 Å². The number of rotatable bonds is 9. The number of hydrogen-bond donors (Lipinski definition) is 1. The Bertz CT molecular complexity index is 334. The van der Waals surface area contributed by atoms with Gasteiger partial charge in [0.25, 0.3) is 0 Å². The smallest absolute Gasteiger partial charge is 0.320 e. The summed E-state index contributed by atoms with van der Waals surface area (Å²) in [6.07, 6.45) is 2.19. The first kappa shape index (κ1) is 17.4. The molecule has 1 N–H and O–H groups in total. The molecule has 6 heteroatoms. The van der Waals surface area contributed by atoms with Crippen molar-refractivity contribution in [2.24, 2.45) is 0 Å². The lowest BCUT2D eigenvalue weighted by Gasteiger charge is -2.26. The minimum atomic E-state index is -3.46. The molecule has 18 heavy (non-hydrogen) atoms. The van der Waals surface area contributed by atoms with E-state index in [1.165, 1.54) is 7.11 Å². The molecule has 0 heterocycles. The first-order valence-corrected chi connectivity index (χ1v) is 8.16. The molecular formula is C12H25NO4S. The summed E-state index contributed by atoms with van der Waals surface area (Å²) < 4.78 is 28.8. The molecule has 0 aromatic rings. The van der Waals surface area contributed by atoms with Crippen LogP contribution in [0.5, 0.6) is 0 Å². The molecule has 2 unspecified atom stereocenters. The zero-order chi connectivity index (χ0) is 14.2. The lowest BCUT2D eigenvalue weighted by atomic mass is 10.1. The molecule has 0 aromatic carbocycles. The van der Waals surface area contributed by atoms with Gasteiger partial charge in [-0.1, -0.05) is 27.2 Å². The predicted molar refractivity (Wildman–Crippen MR) is 72.3 cm³/mol. The van der Waals surface area contributed by atoms with Crippen LogP contribution in [-0.2, 0) is 19.4 Å². The van der Waals surface area contributed by atoms with Crippen molar-refractivity contribution in [2.75, 3.05) is 19.4 Å². The molecule has 0 radical (unpaired) electrons. The monoisotopic (exact) mass is 279 g/mol. The maximum absolute atomic E-state index is 12.2. The van der Waals surface area contributed by atoms with Gasteiger partial charge in [0.05, 0.1) is 12.4 Å². The van der Waals surface area contributed by atoms with E-state index in [9.17, 15) is 13.2 Å². The molecule has 0 aliphatic carbocycles. The van der Waals surface area contributed by atoms with Gasteiger partial charge >= 0.3 is 5.97 Å². The molecule has 2 atom stereocenters. The van der Waals surface area contributed by atoms with Crippen LogP contribution < -0.4 is 5.32 Å². The van der Waals surface area contributed by atoms with Crippen LogP contribution in [0.2, 0.25) is 0 Å². The molecule has 0 rings (SSSR count). The molecule has 0 aromatic heterocycles. The third kappa shape index (κ3) is 5.35. The second kappa shape index (κ2) is 8.48. The molecule has 0 aliphatic rings. The second-order valence-electron chi connectivity index (χ2n) is 4.28. The van der Waals surface area contributed by atoms with Crippen molar-refractivity contribution in [3.63, 3.8) is 0 Å². The Morgan fingerprint density at radius 3 is 2.28 bits per heavy atom. The van der Waals surface area contributed by atoms with Gasteiger partial charge in [0.1, 0.15) is 5.75 Å². The van der Waals surface area contributed by atoms with Crippen LogP contribution in [0.15, 0.2) is 0 Å². The van der Waals surface area contributed by atoms with Gasteiger partial charge < -0.3 is 10.1 Å². The van der Waals surface area contributed by atoms with Crippen LogP contribution in [0.25, 0.3) is 0 Å². The first-order valence-electron chi connectivity index (χ1n) is 6.44. The van der Waals surface area contributed by atoms with E-state index in [2.05, 4.69) is 10.1 Å². The van der Waals surface area contributed by atoms with E-state index >= 15 is 0 Å². The molecule has 0 bridgehead atoms. The van der Waals surface area contributed by atoms with Crippen LogP contribution in [0, 0.1) is 0 Å². The standard InChI is InChI=1S/C12H25NO4S/c1-5-8-10(13-7-3)11(6-2)18(15,16)9-12(14)17-4/h10-11,13H,5-9H2,1-4H3. The topological polar surface area (TPSA) is 72.5 Å². The van der Waals surface area contributed by atoms with Gasteiger partial charge in [-0.05, 0) is 19.4 Å². The molecule has 108 valence electrons. The highest BCUT2D eigenvalue weighted by molar-refractivity contribution is 7.92. The minimum Gasteiger partial charge on any atom is -0.468 e. The molecule has 0 saturated carbocycles. The molecule has 0 fully saturated rings. The normalized spacial score (nSPS) is 15.1. The fraction of sp³-hybridized carbons (Fsp3) is 0.917. The van der Waals surface area contributed by atoms with E-state index in [1.54, 1.807) is 0 Å². The van der Waals surface area contributed by atoms with Crippen LogP contribution in [0.3, 0.4) is 0 Å². The van der Waals surface area contributed by atoms with Crippen LogP contribution in [-0.4, -0.2) is 45.1 Å². The van der Waals surface area contributed by atoms with Crippen molar-refractivity contribution in [3.8, 4) is 0 Å². The lowest BCUT2D eigenvalue weighted by Crippen LogP contribution is -2.45. The molecule has 0 saturated heterocycles. The summed E-state index contributed by atoms with van der Waals surface area (Å²) in [6, 6.07) is -0.0975. The fourth-order valence-corrected chi connectivity index (χ4v) is 4.01. The largest absolute Gasteiger partial charge is 0.468 e. The van der Waals surface area contributed by atoms with Crippen molar-refractivity contribution in [2.45, 2.75) is 51.3 Å². The third-order valence-corrected chi connectivity index (χ3v) is 5.15. The number of ether oxygens (including phenoxy) is 1. The van der Waals surface area contributed by atoms with Gasteiger partial charge in [-0.2, -0.15) is 0 Å². The number of hydrogen-bond acceptors (Lipinski definition) is 5. The zero-order valence-electron chi connectivity index (χ0n) is 11.7. The number of carbonyl (C=O) groups is 1. The zero-order valence-corrected chi connectivity index (χ0v) is 12.5. The van der Waals surface area contributed by atoms with Gasteiger partial charge in [0.15, 0.2) is 9.84 Å². The van der Waals surface area contributed by atoms with Gasteiger partial charge in [0.2, 0.25) is 0 Å². The number of methoxy groups -OCH3 is 1. The van der Waals surface area contributed by atoms with Crippen molar-refractivity contribution >= 4 is 15.8 Å². The maximum Gasteiger partial charge on any atom is 0.320 e. The number of esters is 1. The summed E-state index contributed by atoms with van der Waals surface area (Å²) in [5.74, 6) is -1.23. The summed E-state index contributed by atoms with van der Waals surface area (Å²) in [5.41, 5.74) is 0. The molecule has 0 amide bonds. The number of nitrogens with one attached hydrogen (secondary N) is 1. The Kier molecular flexibility index (Phi) is 8.18. The van der Waals surface area contributed by atoms with Crippen molar-refractivity contribution in [1.29, 1.82) is 0 Å². The van der Waals surface area contributed by atoms with E-state index in [0.29, 0.717) is 6.42 Å². The highest BCUT2D eigenvalue weighted by Gasteiger charge is 2.33. The number of carbonyl (C=O) groups excluding carboxylic acids is 1. The van der Waals surface area contributed by atoms with Gasteiger partial charge in [0, 0.05) is 6.04 Å². The molecule has 0 spiro atoms. The van der Waals surface area contributed by atoms with Crippen molar-refractivity contribution < 1.29 is 17.9 Å². The van der Waals surface area contributed by atoms with E-state index in [4.69, 9.17) is 0 Å². The van der Waals surface area contributed by atoms with Crippen molar-refractivity contribution in [3.05, 3.63) is 0 Å². The van der Waals surface area contributed by atoms with E-state index in [0.717, 1.165) is 19.4 Å². The summed E-state index contributed by atoms with van der Waals surface area (Å²) in [4.78, 5) is 11.2. The Balaban J connectivity index is 4.95. The summed E-state index contributed by atoms with van der Waals surface area (Å²) in [5, 5.41) is 2.67.